The molecular formula is C22H35N5O. The third kappa shape index (κ3) is 5.31. The van der Waals surface area contributed by atoms with Gasteiger partial charge in [0.15, 0.2) is 0 Å². The van der Waals surface area contributed by atoms with Gasteiger partial charge in [-0.15, -0.1) is 0 Å². The highest BCUT2D eigenvalue weighted by Gasteiger charge is 2.32. The SMILES string of the molecule is O=C(NC1CCNCC1)C1CCCN(C2CCN(Cc3cccnc3)CC2)C1. The first-order valence-corrected chi connectivity index (χ1v) is 11.1. The van der Waals surface area contributed by atoms with Gasteiger partial charge in [0, 0.05) is 37.6 Å². The Hall–Kier alpha value is -1.50. The maximum absolute atomic E-state index is 12.8. The molecule has 3 aliphatic heterocycles. The summed E-state index contributed by atoms with van der Waals surface area (Å²) in [5.41, 5.74) is 1.30. The molecule has 0 spiro atoms. The molecule has 3 fully saturated rings. The average Bonchev–Trinajstić information content (AvgIpc) is 2.76. The molecule has 1 aromatic rings. The molecule has 6 heteroatoms. The standard InChI is InChI=1S/C22H35N5O/c28-22(25-20-5-10-23-11-6-20)19-4-2-12-27(17-19)21-7-13-26(14-8-21)16-18-3-1-9-24-15-18/h1,3,9,15,19-21,23H,2,4-8,10-14,16-17H2,(H,25,28). The lowest BCUT2D eigenvalue weighted by Crippen LogP contribution is -2.52. The summed E-state index contributed by atoms with van der Waals surface area (Å²) in [6.45, 7) is 7.44. The van der Waals surface area contributed by atoms with Crippen molar-refractivity contribution in [3.8, 4) is 0 Å². The molecule has 2 N–H and O–H groups in total. The molecular weight excluding hydrogens is 350 g/mol. The van der Waals surface area contributed by atoms with Crippen molar-refractivity contribution in [1.82, 2.24) is 25.4 Å². The van der Waals surface area contributed by atoms with Crippen LogP contribution in [0.15, 0.2) is 24.5 Å². The number of hydrogen-bond donors (Lipinski definition) is 2. The molecule has 0 radical (unpaired) electrons. The Kier molecular flexibility index (Phi) is 6.94. The fourth-order valence-corrected chi connectivity index (χ4v) is 5.03. The number of hydrogen-bond acceptors (Lipinski definition) is 5. The topological polar surface area (TPSA) is 60.5 Å². The lowest BCUT2D eigenvalue weighted by atomic mass is 9.92. The zero-order valence-electron chi connectivity index (χ0n) is 17.0. The molecule has 6 nitrogen and oxygen atoms in total. The van der Waals surface area contributed by atoms with Gasteiger partial charge in [-0.1, -0.05) is 6.07 Å². The molecule has 4 rings (SSSR count). The third-order valence-corrected chi connectivity index (χ3v) is 6.71. The number of amides is 1. The van der Waals surface area contributed by atoms with Crippen LogP contribution in [0.25, 0.3) is 0 Å². The molecule has 3 aliphatic rings. The molecule has 1 unspecified atom stereocenters. The van der Waals surface area contributed by atoms with Crippen molar-refractivity contribution < 1.29 is 4.79 Å². The van der Waals surface area contributed by atoms with Crippen LogP contribution in [0.1, 0.15) is 44.1 Å². The summed E-state index contributed by atoms with van der Waals surface area (Å²) in [5.74, 6) is 0.475. The zero-order valence-corrected chi connectivity index (χ0v) is 17.0. The summed E-state index contributed by atoms with van der Waals surface area (Å²) < 4.78 is 0. The van der Waals surface area contributed by atoms with Gasteiger partial charge >= 0.3 is 0 Å². The van der Waals surface area contributed by atoms with Crippen LogP contribution in [0, 0.1) is 5.92 Å². The number of carbonyl (C=O) groups is 1. The number of nitrogens with one attached hydrogen (secondary N) is 2. The Balaban J connectivity index is 1.23. The first kappa shape index (κ1) is 19.8. The minimum absolute atomic E-state index is 0.178. The maximum atomic E-state index is 12.8. The van der Waals surface area contributed by atoms with E-state index in [1.54, 1.807) is 0 Å². The fraction of sp³-hybridized carbons (Fsp3) is 0.727. The van der Waals surface area contributed by atoms with Gasteiger partial charge in [-0.25, -0.2) is 0 Å². The maximum Gasteiger partial charge on any atom is 0.224 e. The molecule has 28 heavy (non-hydrogen) atoms. The highest BCUT2D eigenvalue weighted by molar-refractivity contribution is 5.79. The van der Waals surface area contributed by atoms with Crippen LogP contribution in [0.3, 0.4) is 0 Å². The van der Waals surface area contributed by atoms with Crippen LogP contribution in [-0.4, -0.2) is 72.0 Å². The van der Waals surface area contributed by atoms with Gasteiger partial charge in [0.1, 0.15) is 0 Å². The van der Waals surface area contributed by atoms with E-state index >= 15 is 0 Å². The van der Waals surface area contributed by atoms with E-state index in [4.69, 9.17) is 0 Å². The predicted molar refractivity (Wildman–Crippen MR) is 111 cm³/mol. The molecule has 0 bridgehead atoms. The lowest BCUT2D eigenvalue weighted by molar-refractivity contribution is -0.128. The molecule has 0 aliphatic carbocycles. The van der Waals surface area contributed by atoms with Gasteiger partial charge in [-0.05, 0) is 82.9 Å². The first-order chi connectivity index (χ1) is 13.8. The number of aromatic nitrogens is 1. The summed E-state index contributed by atoms with van der Waals surface area (Å²) in [4.78, 5) is 22.2. The van der Waals surface area contributed by atoms with Gasteiger partial charge in [-0.3, -0.25) is 19.6 Å². The number of nitrogens with zero attached hydrogens (tertiary/aromatic N) is 3. The van der Waals surface area contributed by atoms with Gasteiger partial charge in [0.05, 0.1) is 5.92 Å². The van der Waals surface area contributed by atoms with Crippen molar-refractivity contribution in [2.24, 2.45) is 5.92 Å². The van der Waals surface area contributed by atoms with E-state index in [1.165, 1.54) is 18.4 Å². The van der Waals surface area contributed by atoms with Crippen LogP contribution >= 0.6 is 0 Å². The highest BCUT2D eigenvalue weighted by atomic mass is 16.2. The largest absolute Gasteiger partial charge is 0.353 e. The van der Waals surface area contributed by atoms with Gasteiger partial charge in [-0.2, -0.15) is 0 Å². The van der Waals surface area contributed by atoms with Crippen LogP contribution in [-0.2, 0) is 11.3 Å². The average molecular weight is 386 g/mol. The normalized spacial score (nSPS) is 26.2. The first-order valence-electron chi connectivity index (χ1n) is 11.1. The summed E-state index contributed by atoms with van der Waals surface area (Å²) in [7, 11) is 0. The summed E-state index contributed by atoms with van der Waals surface area (Å²) in [5, 5.41) is 6.70. The monoisotopic (exact) mass is 385 g/mol. The van der Waals surface area contributed by atoms with Gasteiger partial charge in [0.25, 0.3) is 0 Å². The van der Waals surface area contributed by atoms with E-state index < -0.39 is 0 Å². The van der Waals surface area contributed by atoms with Crippen molar-refractivity contribution in [1.29, 1.82) is 0 Å². The lowest BCUT2D eigenvalue weighted by Gasteiger charge is -2.42. The van der Waals surface area contributed by atoms with E-state index in [0.29, 0.717) is 18.0 Å². The van der Waals surface area contributed by atoms with Crippen LogP contribution in [0.4, 0.5) is 0 Å². The molecule has 154 valence electrons. The number of likely N-dealkylation sites (tertiary alicyclic amines) is 2. The molecule has 1 amide bonds. The molecule has 3 saturated heterocycles. The van der Waals surface area contributed by atoms with E-state index in [1.807, 2.05) is 18.5 Å². The zero-order chi connectivity index (χ0) is 19.2. The Labute approximate surface area is 169 Å². The van der Waals surface area contributed by atoms with Crippen molar-refractivity contribution in [2.45, 2.75) is 57.2 Å². The summed E-state index contributed by atoms with van der Waals surface area (Å²) in [6.07, 6.45) is 10.6. The number of piperidine rings is 3. The molecule has 4 heterocycles. The minimum atomic E-state index is 0.178. The van der Waals surface area contributed by atoms with Crippen molar-refractivity contribution >= 4 is 5.91 Å². The second kappa shape index (κ2) is 9.81. The third-order valence-electron chi connectivity index (χ3n) is 6.71. The second-order valence-corrected chi connectivity index (χ2v) is 8.74. The fourth-order valence-electron chi connectivity index (χ4n) is 5.03. The van der Waals surface area contributed by atoms with Gasteiger partial charge < -0.3 is 10.6 Å². The number of rotatable bonds is 5. The van der Waals surface area contributed by atoms with Crippen LogP contribution in [0.5, 0.6) is 0 Å². The van der Waals surface area contributed by atoms with Crippen molar-refractivity contribution in [3.05, 3.63) is 30.1 Å². The molecule has 0 saturated carbocycles. The number of carbonyl (C=O) groups excluding carboxylic acids is 1. The summed E-state index contributed by atoms with van der Waals surface area (Å²) in [6, 6.07) is 5.19. The quantitative estimate of drug-likeness (QED) is 0.807. The van der Waals surface area contributed by atoms with Crippen molar-refractivity contribution in [3.63, 3.8) is 0 Å². The Morgan fingerprint density at radius 3 is 2.71 bits per heavy atom. The number of pyridine rings is 1. The molecule has 1 atom stereocenters. The molecule has 0 aromatic carbocycles. The van der Waals surface area contributed by atoms with E-state index in [0.717, 1.165) is 71.5 Å². The Morgan fingerprint density at radius 1 is 1.14 bits per heavy atom. The van der Waals surface area contributed by atoms with Gasteiger partial charge in [0.2, 0.25) is 5.91 Å². The van der Waals surface area contributed by atoms with E-state index in [-0.39, 0.29) is 5.92 Å². The van der Waals surface area contributed by atoms with E-state index in [9.17, 15) is 4.79 Å². The Morgan fingerprint density at radius 2 is 1.96 bits per heavy atom. The summed E-state index contributed by atoms with van der Waals surface area (Å²) >= 11 is 0. The second-order valence-electron chi connectivity index (χ2n) is 8.74. The smallest absolute Gasteiger partial charge is 0.224 e. The van der Waals surface area contributed by atoms with Crippen molar-refractivity contribution in [2.75, 3.05) is 39.3 Å². The van der Waals surface area contributed by atoms with E-state index in [2.05, 4.69) is 31.5 Å². The molecule has 1 aromatic heterocycles. The Bertz CT molecular complexity index is 611. The van der Waals surface area contributed by atoms with Crippen LogP contribution in [0.2, 0.25) is 0 Å². The van der Waals surface area contributed by atoms with Crippen LogP contribution < -0.4 is 10.6 Å². The predicted octanol–water partition coefficient (Wildman–Crippen LogP) is 1.63. The highest BCUT2D eigenvalue weighted by Crippen LogP contribution is 2.25. The minimum Gasteiger partial charge on any atom is -0.353 e.